The molecule has 0 radical (unpaired) electrons. The lowest BCUT2D eigenvalue weighted by Crippen LogP contribution is -2.49. The quantitative estimate of drug-likeness (QED) is 0.752. The van der Waals surface area contributed by atoms with Crippen molar-refractivity contribution in [2.45, 2.75) is 71.1 Å². The van der Waals surface area contributed by atoms with Crippen molar-refractivity contribution in [3.05, 3.63) is 0 Å². The van der Waals surface area contributed by atoms with Crippen molar-refractivity contribution in [1.82, 2.24) is 5.32 Å². The first-order valence-corrected chi connectivity index (χ1v) is 7.00. The second-order valence-corrected chi connectivity index (χ2v) is 6.02. The Morgan fingerprint density at radius 1 is 1.47 bits per heavy atom. The van der Waals surface area contributed by atoms with Crippen LogP contribution in [-0.2, 0) is 4.74 Å². The lowest BCUT2D eigenvalue weighted by molar-refractivity contribution is -0.0799. The van der Waals surface area contributed by atoms with E-state index in [1.165, 1.54) is 0 Å². The van der Waals surface area contributed by atoms with Gasteiger partial charge in [-0.25, -0.2) is 0 Å². The van der Waals surface area contributed by atoms with Gasteiger partial charge < -0.3 is 15.2 Å². The van der Waals surface area contributed by atoms with Crippen LogP contribution in [0.4, 0.5) is 0 Å². The lowest BCUT2D eigenvalue weighted by atomic mass is 9.89. The molecular weight excluding hydrogens is 214 g/mol. The molecule has 0 bridgehead atoms. The van der Waals surface area contributed by atoms with Crippen LogP contribution in [0.5, 0.6) is 0 Å². The second-order valence-electron chi connectivity index (χ2n) is 6.02. The molecule has 1 saturated heterocycles. The molecule has 1 heterocycles. The van der Waals surface area contributed by atoms with Gasteiger partial charge in [-0.2, -0.15) is 0 Å². The van der Waals surface area contributed by atoms with Crippen molar-refractivity contribution >= 4 is 0 Å². The fourth-order valence-electron chi connectivity index (χ4n) is 2.62. The maximum absolute atomic E-state index is 9.40. The summed E-state index contributed by atoms with van der Waals surface area (Å²) in [4.78, 5) is 0. The fraction of sp³-hybridized carbons (Fsp3) is 1.00. The van der Waals surface area contributed by atoms with Gasteiger partial charge in [-0.1, -0.05) is 20.8 Å². The van der Waals surface area contributed by atoms with E-state index in [0.717, 1.165) is 32.3 Å². The third-order valence-electron chi connectivity index (χ3n) is 3.79. The van der Waals surface area contributed by atoms with Crippen LogP contribution >= 0.6 is 0 Å². The van der Waals surface area contributed by atoms with Gasteiger partial charge in [-0.3, -0.25) is 0 Å². The van der Waals surface area contributed by atoms with E-state index in [0.29, 0.717) is 12.0 Å². The Balaban J connectivity index is 2.44. The van der Waals surface area contributed by atoms with Gasteiger partial charge in [0, 0.05) is 18.7 Å². The highest BCUT2D eigenvalue weighted by molar-refractivity contribution is 4.87. The zero-order chi connectivity index (χ0) is 12.9. The summed E-state index contributed by atoms with van der Waals surface area (Å²) in [6, 6.07) is 0.726. The van der Waals surface area contributed by atoms with Crippen molar-refractivity contribution < 1.29 is 9.84 Å². The zero-order valence-electron chi connectivity index (χ0n) is 11.8. The average molecular weight is 243 g/mol. The van der Waals surface area contributed by atoms with Crippen LogP contribution in [-0.4, -0.2) is 36.0 Å². The van der Waals surface area contributed by atoms with Crippen molar-refractivity contribution in [3.63, 3.8) is 0 Å². The molecule has 0 amide bonds. The number of ether oxygens (including phenoxy) is 1. The van der Waals surface area contributed by atoms with Gasteiger partial charge in [-0.05, 0) is 38.5 Å². The number of aliphatic hydroxyl groups is 1. The van der Waals surface area contributed by atoms with E-state index >= 15 is 0 Å². The third-order valence-corrected chi connectivity index (χ3v) is 3.79. The molecule has 0 aliphatic carbocycles. The van der Waals surface area contributed by atoms with Crippen LogP contribution in [0.3, 0.4) is 0 Å². The summed E-state index contributed by atoms with van der Waals surface area (Å²) < 4.78 is 5.84. The minimum Gasteiger partial charge on any atom is -0.395 e. The van der Waals surface area contributed by atoms with E-state index in [1.807, 2.05) is 0 Å². The maximum Gasteiger partial charge on any atom is 0.0666 e. The van der Waals surface area contributed by atoms with E-state index < -0.39 is 0 Å². The fourth-order valence-corrected chi connectivity index (χ4v) is 2.62. The second kappa shape index (κ2) is 6.72. The molecule has 0 spiro atoms. The van der Waals surface area contributed by atoms with E-state index in [2.05, 4.69) is 33.0 Å². The number of nitrogens with one attached hydrogen (secondary N) is 1. The van der Waals surface area contributed by atoms with Crippen LogP contribution in [0.15, 0.2) is 0 Å². The lowest BCUT2D eigenvalue weighted by Gasteiger charge is -2.39. The number of hydrogen-bond donors (Lipinski definition) is 2. The smallest absolute Gasteiger partial charge is 0.0666 e. The first-order chi connectivity index (χ1) is 7.99. The van der Waals surface area contributed by atoms with Crippen LogP contribution in [0.2, 0.25) is 0 Å². The molecule has 3 unspecified atom stereocenters. The summed E-state index contributed by atoms with van der Waals surface area (Å²) in [5.74, 6) is 0.622. The molecule has 0 aromatic heterocycles. The summed E-state index contributed by atoms with van der Waals surface area (Å²) in [5, 5.41) is 13.0. The number of hydrogen-bond acceptors (Lipinski definition) is 3. The standard InChI is InChI=1S/C14H29NO2/c1-5-14(4)9-12(6-7-17-14)15-13(10-16)8-11(2)3/h11-13,15-16H,5-10H2,1-4H3. The highest BCUT2D eigenvalue weighted by atomic mass is 16.5. The maximum atomic E-state index is 9.40. The van der Waals surface area contributed by atoms with Crippen molar-refractivity contribution in [2.75, 3.05) is 13.2 Å². The molecule has 3 nitrogen and oxygen atoms in total. The first kappa shape index (κ1) is 14.9. The Bertz CT molecular complexity index is 220. The van der Waals surface area contributed by atoms with E-state index in [-0.39, 0.29) is 18.2 Å². The Labute approximate surface area is 106 Å². The Morgan fingerprint density at radius 2 is 2.18 bits per heavy atom. The SMILES string of the molecule is CCC1(C)CC(NC(CO)CC(C)C)CCO1. The van der Waals surface area contributed by atoms with E-state index in [1.54, 1.807) is 0 Å². The highest BCUT2D eigenvalue weighted by Crippen LogP contribution is 2.28. The predicted molar refractivity (Wildman–Crippen MR) is 71.1 cm³/mol. The summed E-state index contributed by atoms with van der Waals surface area (Å²) >= 11 is 0. The van der Waals surface area contributed by atoms with Gasteiger partial charge in [0.25, 0.3) is 0 Å². The molecule has 0 aromatic rings. The summed E-state index contributed by atoms with van der Waals surface area (Å²) in [6.45, 7) is 9.84. The van der Waals surface area contributed by atoms with Gasteiger partial charge in [-0.15, -0.1) is 0 Å². The molecule has 3 heteroatoms. The minimum absolute atomic E-state index is 0.0216. The van der Waals surface area contributed by atoms with Crippen LogP contribution in [0.1, 0.15) is 53.4 Å². The minimum atomic E-state index is 0.0216. The third kappa shape index (κ3) is 4.94. The van der Waals surface area contributed by atoms with Gasteiger partial charge in [0.15, 0.2) is 0 Å². The summed E-state index contributed by atoms with van der Waals surface area (Å²) in [6.07, 6.45) is 4.21. The summed E-state index contributed by atoms with van der Waals surface area (Å²) in [5.41, 5.74) is 0.0216. The Morgan fingerprint density at radius 3 is 2.71 bits per heavy atom. The van der Waals surface area contributed by atoms with E-state index in [9.17, 15) is 5.11 Å². The van der Waals surface area contributed by atoms with Crippen LogP contribution < -0.4 is 5.32 Å². The average Bonchev–Trinajstić information content (AvgIpc) is 2.28. The van der Waals surface area contributed by atoms with Crippen molar-refractivity contribution in [1.29, 1.82) is 0 Å². The molecule has 1 rings (SSSR count). The van der Waals surface area contributed by atoms with Crippen LogP contribution in [0.25, 0.3) is 0 Å². The van der Waals surface area contributed by atoms with Gasteiger partial charge in [0.05, 0.1) is 12.2 Å². The zero-order valence-corrected chi connectivity index (χ0v) is 11.8. The first-order valence-electron chi connectivity index (χ1n) is 7.00. The van der Waals surface area contributed by atoms with Crippen LogP contribution in [0, 0.1) is 5.92 Å². The molecule has 1 fully saturated rings. The van der Waals surface area contributed by atoms with Gasteiger partial charge >= 0.3 is 0 Å². The molecule has 102 valence electrons. The Kier molecular flexibility index (Phi) is 5.90. The molecule has 1 aliphatic rings. The normalized spacial score (nSPS) is 31.8. The largest absolute Gasteiger partial charge is 0.395 e. The Hall–Kier alpha value is -0.120. The summed E-state index contributed by atoms with van der Waals surface area (Å²) in [7, 11) is 0. The van der Waals surface area contributed by atoms with E-state index in [4.69, 9.17) is 4.74 Å². The molecule has 3 atom stereocenters. The molecule has 1 aliphatic heterocycles. The highest BCUT2D eigenvalue weighted by Gasteiger charge is 2.32. The van der Waals surface area contributed by atoms with Crippen molar-refractivity contribution in [3.8, 4) is 0 Å². The van der Waals surface area contributed by atoms with Crippen molar-refractivity contribution in [2.24, 2.45) is 5.92 Å². The molecule has 0 saturated carbocycles. The topological polar surface area (TPSA) is 41.5 Å². The molecule has 0 aromatic carbocycles. The molecule has 2 N–H and O–H groups in total. The predicted octanol–water partition coefficient (Wildman–Crippen LogP) is 2.33. The number of aliphatic hydroxyl groups excluding tert-OH is 1. The molecule has 17 heavy (non-hydrogen) atoms. The molecular formula is C14H29NO2. The van der Waals surface area contributed by atoms with Gasteiger partial charge in [0.1, 0.15) is 0 Å². The monoisotopic (exact) mass is 243 g/mol. The van der Waals surface area contributed by atoms with Gasteiger partial charge in [0.2, 0.25) is 0 Å². The number of rotatable bonds is 6.